The molecule has 2 aromatic carbocycles. The number of ether oxygens (including phenoxy) is 3. The maximum absolute atomic E-state index is 13.1. The topological polar surface area (TPSA) is 411 Å². The second-order valence-electron chi connectivity index (χ2n) is 29.9. The summed E-state index contributed by atoms with van der Waals surface area (Å²) in [4.78, 5) is 62.8. The van der Waals surface area contributed by atoms with Crippen LogP contribution in [0.1, 0.15) is 290 Å². The molecule has 0 spiro atoms. The monoisotopic (exact) mass is 1770 g/mol. The zero-order valence-corrected chi connectivity index (χ0v) is 82.8. The second kappa shape index (κ2) is 60.1. The van der Waals surface area contributed by atoms with Crippen LogP contribution in [0.2, 0.25) is 0 Å². The molecule has 3 atom stereocenters. The Labute approximate surface area is 809 Å². The first-order valence-corrected chi connectivity index (χ1v) is 47.8. The molecule has 0 saturated heterocycles. The van der Waals surface area contributed by atoms with E-state index >= 15 is 0 Å². The third-order valence-electron chi connectivity index (χ3n) is 20.2. The van der Waals surface area contributed by atoms with Gasteiger partial charge in [-0.15, -0.1) is 0 Å². The van der Waals surface area contributed by atoms with E-state index in [1.54, 1.807) is 60.6 Å². The summed E-state index contributed by atoms with van der Waals surface area (Å²) in [6.07, 6.45) is 42.1. The van der Waals surface area contributed by atoms with Crippen molar-refractivity contribution in [1.29, 1.82) is 0 Å². The Morgan fingerprint density at radius 1 is 0.535 bits per heavy atom. The number of anilines is 1. The summed E-state index contributed by atoms with van der Waals surface area (Å²) < 4.78 is 185. The van der Waals surface area contributed by atoms with Crippen LogP contribution in [-0.2, 0) is 93.5 Å². The van der Waals surface area contributed by atoms with Gasteiger partial charge < -0.3 is 52.8 Å². The Kier molecular flexibility index (Phi) is 58.8. The van der Waals surface area contributed by atoms with E-state index in [1.165, 1.54) is 153 Å². The Hall–Kier alpha value is -0.531. The first kappa shape index (κ1) is 111. The molecule has 0 radical (unpaired) electrons. The van der Waals surface area contributed by atoms with Crippen molar-refractivity contribution in [2.24, 2.45) is 0 Å². The van der Waals surface area contributed by atoms with Crippen LogP contribution in [0.5, 0.6) is 0 Å². The standard InChI is InChI=1S/C79H129N4O23PS4.3K/c1-6-8-10-12-14-16-18-20-22-24-26-28-30-32-37-46-75(85)103-63-65(106-76(86)47-38-33-31-29-27-25-23-21-19-17-15-13-11-9-7-2)64-105-107(88,89)104-58-54-81-77(87)102-57-53-80-74(84)45-39-40-52-79(5)69-62-67(111(99,100)101)49-51-71(69)83(56-42-60-109(93,94)95)73(79)44-36-34-35-43-72-78(3,4)68-61-66(110(96,97)98)48-50-70(68)82(72)55-41-59-108(90,91)92;;;/h34-36,43-44,48-51,61-62,65H,6-33,37-42,45-47,52-60,63-64H2,1-5H3,(H6-,80,81,84,87,88,89,90,91,92,93,94,95,96,97,98,99,100,101);;;/q;3*+1/p-3/t65-,79?;;;/m1.../s1. The summed E-state index contributed by atoms with van der Waals surface area (Å²) in [5.74, 6) is -2.89. The minimum absolute atomic E-state index is 0. The molecule has 27 nitrogen and oxygen atoms in total. The molecule has 2 unspecified atom stereocenters. The van der Waals surface area contributed by atoms with Gasteiger partial charge in [0.2, 0.25) is 11.6 Å². The smallest absolute Gasteiger partial charge is 0.748 e. The van der Waals surface area contributed by atoms with Gasteiger partial charge in [-0.25, -0.2) is 43.0 Å². The fourth-order valence-electron chi connectivity index (χ4n) is 14.1. The molecule has 3 N–H and O–H groups in total. The number of phosphoric ester groups is 1. The molecule has 2 aliphatic heterocycles. The summed E-state index contributed by atoms with van der Waals surface area (Å²) in [6.45, 7) is 7.53. The Balaban J connectivity index is 0.0000217. The average Bonchev–Trinajstić information content (AvgIpc) is 1.61. The number of hydrogen-bond donors (Lipinski definition) is 3. The van der Waals surface area contributed by atoms with E-state index < -0.39 is 130 Å². The van der Waals surface area contributed by atoms with Crippen molar-refractivity contribution in [1.82, 2.24) is 10.6 Å². The number of alkyl carbamates (subject to hydrolysis) is 1. The number of rotatable bonds is 63. The van der Waals surface area contributed by atoms with E-state index in [0.29, 0.717) is 53.2 Å². The number of nitrogens with zero attached hydrogens (tertiary/aromatic N) is 2. The number of benzene rings is 2. The number of carbonyl (C=O) groups excluding carboxylic acids is 4. The van der Waals surface area contributed by atoms with Crippen LogP contribution in [0.15, 0.2) is 82.3 Å². The van der Waals surface area contributed by atoms with Gasteiger partial charge in [-0.1, -0.05) is 218 Å². The predicted octanol–water partition coefficient (Wildman–Crippen LogP) is 6.04. The molecular formula is C79H126K3N4O23PS4. The van der Waals surface area contributed by atoms with Crippen molar-refractivity contribution in [3.63, 3.8) is 0 Å². The molecule has 0 aliphatic carbocycles. The van der Waals surface area contributed by atoms with Crippen LogP contribution in [-0.4, -0.2) is 161 Å². The van der Waals surface area contributed by atoms with E-state index in [2.05, 4.69) is 24.5 Å². The molecular weight excluding hydrogens is 1650 g/mol. The van der Waals surface area contributed by atoms with Gasteiger partial charge in [0.25, 0.3) is 0 Å². The zero-order valence-electron chi connectivity index (χ0n) is 69.3. The van der Waals surface area contributed by atoms with Crippen LogP contribution in [0.25, 0.3) is 0 Å². The van der Waals surface area contributed by atoms with E-state index in [1.807, 2.05) is 0 Å². The van der Waals surface area contributed by atoms with E-state index in [0.717, 1.165) is 63.5 Å². The molecule has 114 heavy (non-hydrogen) atoms. The van der Waals surface area contributed by atoms with Gasteiger partial charge in [-0.3, -0.25) is 23.4 Å². The molecule has 4 rings (SSSR count). The minimum atomic E-state index is -4.99. The number of allylic oxidation sites excluding steroid dienone is 6. The first-order valence-electron chi connectivity index (χ1n) is 40.3. The largest absolute Gasteiger partial charge is 1.00 e. The fraction of sp³-hybridized carbons (Fsp3) is 0.709. The molecule has 632 valence electrons. The predicted molar refractivity (Wildman–Crippen MR) is 424 cm³/mol. The van der Waals surface area contributed by atoms with Crippen molar-refractivity contribution in [3.8, 4) is 0 Å². The minimum Gasteiger partial charge on any atom is -0.748 e. The Morgan fingerprint density at radius 3 is 1.51 bits per heavy atom. The van der Waals surface area contributed by atoms with Gasteiger partial charge in [-0.2, -0.15) is 4.58 Å². The number of phosphoric acid groups is 1. The number of carbonyl (C=O) groups is 4. The molecule has 2 amide bonds. The van der Waals surface area contributed by atoms with Crippen molar-refractivity contribution >= 4 is 89.3 Å². The van der Waals surface area contributed by atoms with Gasteiger partial charge in [0.1, 0.15) is 40.0 Å². The van der Waals surface area contributed by atoms with Gasteiger partial charge in [0.05, 0.1) is 55.2 Å². The maximum Gasteiger partial charge on any atom is 1.00 e. The van der Waals surface area contributed by atoms with Crippen LogP contribution < -0.4 is 170 Å². The number of amides is 2. The van der Waals surface area contributed by atoms with Gasteiger partial charge in [0.15, 0.2) is 11.8 Å². The summed E-state index contributed by atoms with van der Waals surface area (Å²) in [6, 6.07) is 7.60. The van der Waals surface area contributed by atoms with Crippen molar-refractivity contribution in [2.45, 2.75) is 305 Å². The van der Waals surface area contributed by atoms with Gasteiger partial charge in [0, 0.05) is 84.8 Å². The fourth-order valence-corrected chi connectivity index (χ4v) is 16.8. The average molecular weight is 1780 g/mol. The number of nitrogens with one attached hydrogen (secondary N) is 2. The second-order valence-corrected chi connectivity index (χ2v) is 37.1. The zero-order chi connectivity index (χ0) is 81.8. The van der Waals surface area contributed by atoms with Gasteiger partial charge in [-0.05, 0) is 94.8 Å². The van der Waals surface area contributed by atoms with Crippen LogP contribution in [0.4, 0.5) is 16.2 Å². The van der Waals surface area contributed by atoms with Crippen LogP contribution >= 0.6 is 7.82 Å². The van der Waals surface area contributed by atoms with Crippen molar-refractivity contribution < 1.29 is 263 Å². The molecule has 0 bridgehead atoms. The molecule has 2 aliphatic rings. The molecule has 0 fully saturated rings. The summed E-state index contributed by atoms with van der Waals surface area (Å²) in [7, 11) is -23.9. The van der Waals surface area contributed by atoms with Gasteiger partial charge >= 0.3 is 180 Å². The first-order chi connectivity index (χ1) is 52.6. The molecule has 35 heteroatoms. The molecule has 2 aromatic rings. The summed E-state index contributed by atoms with van der Waals surface area (Å²) >= 11 is 0. The summed E-state index contributed by atoms with van der Waals surface area (Å²) in [5, 5.41) is 5.02. The van der Waals surface area contributed by atoms with E-state index in [-0.39, 0.29) is 232 Å². The van der Waals surface area contributed by atoms with Crippen LogP contribution in [0, 0.1) is 0 Å². The Morgan fingerprint density at radius 2 is 1.00 bits per heavy atom. The molecule has 0 saturated carbocycles. The quantitative estimate of drug-likeness (QED) is 0.00992. The van der Waals surface area contributed by atoms with E-state index in [4.69, 9.17) is 23.3 Å². The molecule has 2 heterocycles. The Bertz CT molecular complexity index is 3870. The van der Waals surface area contributed by atoms with Crippen LogP contribution in [0.3, 0.4) is 0 Å². The SMILES string of the molecule is CCCCCCCCCCCCCCCCCC(=O)OC[C@H](COP(=O)(O)OCCNC(=O)OCCNC(=O)CCCCC1(C)\C(=C/C=C/C=C/C2=[N+](CCCS(=O)(=O)[O-])c3ccc(S(=O)(=O)[O-])cc3C2(C)C)N(CCCS(=O)(=O)[O-])c2ccc(S(=O)(=O)[O-])cc21)OC(=O)CCCCCCCCCCCCCCCCC.[K+].[K+].[K+]. The van der Waals surface area contributed by atoms with E-state index in [9.17, 15) is 80.5 Å². The third kappa shape index (κ3) is 46.3. The maximum atomic E-state index is 13.1. The van der Waals surface area contributed by atoms with Crippen molar-refractivity contribution in [3.05, 3.63) is 83.6 Å². The third-order valence-corrected chi connectivity index (χ3v) is 24.4. The number of esters is 2. The number of fused-ring (bicyclic) bond motifs is 2. The summed E-state index contributed by atoms with van der Waals surface area (Å²) in [5.41, 5.74) is 0.736. The molecule has 0 aromatic heterocycles. The normalized spacial score (nSPS) is 15.9. The number of hydrogen-bond acceptors (Lipinski definition) is 23. The van der Waals surface area contributed by atoms with Crippen molar-refractivity contribution in [2.75, 3.05) is 69.0 Å². The number of unbranched alkanes of at least 4 members (excludes halogenated alkanes) is 29.